The van der Waals surface area contributed by atoms with Crippen molar-refractivity contribution in [2.45, 2.75) is 44.2 Å². The van der Waals surface area contributed by atoms with Crippen molar-refractivity contribution in [1.82, 2.24) is 0 Å². The van der Waals surface area contributed by atoms with Crippen molar-refractivity contribution < 1.29 is 14.2 Å². The average molecular weight is 315 g/mol. The second kappa shape index (κ2) is 5.93. The monoisotopic (exact) mass is 314 g/mol. The molecule has 0 spiro atoms. The van der Waals surface area contributed by atoms with Crippen LogP contribution < -0.4 is 9.47 Å². The Morgan fingerprint density at radius 3 is 2.67 bits per heavy atom. The van der Waals surface area contributed by atoms with Gasteiger partial charge in [0.1, 0.15) is 0 Å². The van der Waals surface area contributed by atoms with Crippen molar-refractivity contribution in [3.05, 3.63) is 23.8 Å². The predicted octanol–water partition coefficient (Wildman–Crippen LogP) is 4.05. The lowest BCUT2D eigenvalue weighted by Gasteiger charge is -2.24. The molecule has 1 aliphatic heterocycles. The van der Waals surface area contributed by atoms with E-state index in [-0.39, 0.29) is 17.0 Å². The number of hydrogen-bond acceptors (Lipinski definition) is 3. The lowest BCUT2D eigenvalue weighted by molar-refractivity contribution is -0.00306. The number of hydrogen-bond donors (Lipinski definition) is 0. The topological polar surface area (TPSA) is 27.7 Å². The minimum Gasteiger partial charge on any atom is -0.454 e. The molecule has 0 N–H and O–H groups in total. The van der Waals surface area contributed by atoms with Crippen LogP contribution >= 0.6 is 15.9 Å². The Morgan fingerprint density at radius 2 is 2.00 bits per heavy atom. The molecule has 2 rings (SSSR count). The maximum absolute atomic E-state index is 6.06. The fraction of sp³-hybridized carbons (Fsp3) is 0.571. The highest BCUT2D eigenvalue weighted by atomic mass is 79.9. The summed E-state index contributed by atoms with van der Waals surface area (Å²) in [6.07, 6.45) is 1.26. The Kier molecular flexibility index (Phi) is 4.51. The van der Waals surface area contributed by atoms with Crippen LogP contribution in [-0.2, 0) is 4.74 Å². The molecule has 3 atom stereocenters. The van der Waals surface area contributed by atoms with E-state index in [0.717, 1.165) is 23.5 Å². The minimum atomic E-state index is 0.0226. The Bertz CT molecular complexity index is 406. The van der Waals surface area contributed by atoms with Crippen LogP contribution in [0.1, 0.15) is 38.9 Å². The van der Waals surface area contributed by atoms with Crippen molar-refractivity contribution in [3.63, 3.8) is 0 Å². The first-order valence-electron chi connectivity index (χ1n) is 6.31. The van der Waals surface area contributed by atoms with Gasteiger partial charge in [-0.15, -0.1) is 0 Å². The third kappa shape index (κ3) is 2.98. The summed E-state index contributed by atoms with van der Waals surface area (Å²) < 4.78 is 16.8. The molecule has 4 heteroatoms. The molecule has 0 saturated heterocycles. The lowest BCUT2D eigenvalue weighted by atomic mass is 10.1. The molecule has 0 aliphatic carbocycles. The molecule has 3 nitrogen and oxygen atoms in total. The number of fused-ring (bicyclic) bond motifs is 1. The maximum atomic E-state index is 6.06. The number of rotatable bonds is 5. The zero-order valence-electron chi connectivity index (χ0n) is 11.0. The van der Waals surface area contributed by atoms with Crippen molar-refractivity contribution in [1.29, 1.82) is 0 Å². The lowest BCUT2D eigenvalue weighted by Crippen LogP contribution is -2.19. The summed E-state index contributed by atoms with van der Waals surface area (Å²) in [5, 5.41) is 0. The van der Waals surface area contributed by atoms with Crippen LogP contribution in [0.25, 0.3) is 0 Å². The second-order valence-corrected chi connectivity index (χ2v) is 6.01. The molecule has 1 aromatic rings. The molecule has 0 saturated carbocycles. The van der Waals surface area contributed by atoms with Gasteiger partial charge in [-0.25, -0.2) is 0 Å². The fourth-order valence-electron chi connectivity index (χ4n) is 1.89. The Labute approximate surface area is 117 Å². The van der Waals surface area contributed by atoms with Crippen LogP contribution in [-0.4, -0.2) is 17.7 Å². The molecular formula is C14H19BrO3. The molecule has 0 fully saturated rings. The second-order valence-electron chi connectivity index (χ2n) is 4.57. The fourth-order valence-corrected chi connectivity index (χ4v) is 2.32. The molecule has 1 aromatic carbocycles. The van der Waals surface area contributed by atoms with E-state index in [4.69, 9.17) is 14.2 Å². The Hall–Kier alpha value is -0.740. The summed E-state index contributed by atoms with van der Waals surface area (Å²) in [6, 6.07) is 5.99. The number of benzene rings is 1. The van der Waals surface area contributed by atoms with Gasteiger partial charge in [0.25, 0.3) is 0 Å². The van der Waals surface area contributed by atoms with Crippen LogP contribution in [0.4, 0.5) is 0 Å². The number of halogens is 1. The van der Waals surface area contributed by atoms with E-state index < -0.39 is 0 Å². The summed E-state index contributed by atoms with van der Waals surface area (Å²) in [4.78, 5) is 0.242. The standard InChI is InChI=1S/C14H19BrO3/c1-4-9(2)18-14(10(3)15)11-5-6-12-13(7-11)17-8-16-12/h5-7,9-10,14H,4,8H2,1-3H3. The third-order valence-electron chi connectivity index (χ3n) is 3.10. The molecule has 0 bridgehead atoms. The van der Waals surface area contributed by atoms with Gasteiger partial charge in [-0.2, -0.15) is 0 Å². The molecule has 0 aromatic heterocycles. The highest BCUT2D eigenvalue weighted by Crippen LogP contribution is 2.37. The average Bonchev–Trinajstić information content (AvgIpc) is 2.82. The van der Waals surface area contributed by atoms with Crippen LogP contribution in [0.5, 0.6) is 11.5 Å². The largest absolute Gasteiger partial charge is 0.454 e. The van der Waals surface area contributed by atoms with Gasteiger partial charge >= 0.3 is 0 Å². The van der Waals surface area contributed by atoms with Crippen molar-refractivity contribution in [2.75, 3.05) is 6.79 Å². The maximum Gasteiger partial charge on any atom is 0.231 e. The quantitative estimate of drug-likeness (QED) is 0.767. The molecule has 0 amide bonds. The van der Waals surface area contributed by atoms with Gasteiger partial charge in [-0.3, -0.25) is 0 Å². The van der Waals surface area contributed by atoms with Crippen LogP contribution in [0, 0.1) is 0 Å². The zero-order valence-corrected chi connectivity index (χ0v) is 12.6. The van der Waals surface area contributed by atoms with Gasteiger partial charge < -0.3 is 14.2 Å². The zero-order chi connectivity index (χ0) is 13.1. The van der Waals surface area contributed by atoms with Crippen molar-refractivity contribution in [2.24, 2.45) is 0 Å². The van der Waals surface area contributed by atoms with E-state index in [1.165, 1.54) is 0 Å². The molecule has 1 aliphatic rings. The third-order valence-corrected chi connectivity index (χ3v) is 3.58. The summed E-state index contributed by atoms with van der Waals surface area (Å²) >= 11 is 3.62. The highest BCUT2D eigenvalue weighted by Gasteiger charge is 2.23. The predicted molar refractivity (Wildman–Crippen MR) is 74.5 cm³/mol. The van der Waals surface area contributed by atoms with Gasteiger partial charge in [0.05, 0.1) is 12.2 Å². The molecule has 3 unspecified atom stereocenters. The van der Waals surface area contributed by atoms with E-state index in [1.807, 2.05) is 18.2 Å². The Morgan fingerprint density at radius 1 is 1.28 bits per heavy atom. The molecule has 18 heavy (non-hydrogen) atoms. The van der Waals surface area contributed by atoms with Gasteiger partial charge in [0.15, 0.2) is 11.5 Å². The summed E-state index contributed by atoms with van der Waals surface area (Å²) in [6.45, 7) is 6.62. The number of ether oxygens (including phenoxy) is 3. The van der Waals surface area contributed by atoms with E-state index >= 15 is 0 Å². The summed E-state index contributed by atoms with van der Waals surface area (Å²) in [5.74, 6) is 1.61. The van der Waals surface area contributed by atoms with Crippen molar-refractivity contribution >= 4 is 15.9 Å². The van der Waals surface area contributed by atoms with E-state index in [2.05, 4.69) is 36.7 Å². The summed E-state index contributed by atoms with van der Waals surface area (Å²) in [5.41, 5.74) is 1.11. The molecule has 1 heterocycles. The van der Waals surface area contributed by atoms with Gasteiger partial charge in [0.2, 0.25) is 6.79 Å². The van der Waals surface area contributed by atoms with Gasteiger partial charge in [-0.05, 0) is 38.0 Å². The Balaban J connectivity index is 2.20. The van der Waals surface area contributed by atoms with Gasteiger partial charge in [-0.1, -0.05) is 28.9 Å². The highest BCUT2D eigenvalue weighted by molar-refractivity contribution is 9.09. The number of alkyl halides is 1. The van der Waals surface area contributed by atoms with Crippen LogP contribution in [0.2, 0.25) is 0 Å². The smallest absolute Gasteiger partial charge is 0.231 e. The first kappa shape index (κ1) is 13.7. The SMILES string of the molecule is CCC(C)OC(c1ccc2c(c1)OCO2)C(C)Br. The van der Waals surface area contributed by atoms with E-state index in [9.17, 15) is 0 Å². The molecule has 100 valence electrons. The van der Waals surface area contributed by atoms with E-state index in [0.29, 0.717) is 6.79 Å². The summed E-state index contributed by atoms with van der Waals surface area (Å²) in [7, 11) is 0. The molecule has 0 radical (unpaired) electrons. The first-order valence-corrected chi connectivity index (χ1v) is 7.22. The normalized spacial score (nSPS) is 18.4. The first-order chi connectivity index (χ1) is 8.61. The van der Waals surface area contributed by atoms with Gasteiger partial charge in [0, 0.05) is 4.83 Å². The minimum absolute atomic E-state index is 0.0226. The van der Waals surface area contributed by atoms with E-state index in [1.54, 1.807) is 0 Å². The van der Waals surface area contributed by atoms with Crippen molar-refractivity contribution in [3.8, 4) is 11.5 Å². The molecular weight excluding hydrogens is 296 g/mol. The van der Waals surface area contributed by atoms with Crippen LogP contribution in [0.3, 0.4) is 0 Å². The van der Waals surface area contributed by atoms with Crippen LogP contribution in [0.15, 0.2) is 18.2 Å².